The van der Waals surface area contributed by atoms with Crippen LogP contribution >= 0.6 is 15.9 Å². The molecule has 3 aromatic rings. The molecule has 0 spiro atoms. The van der Waals surface area contributed by atoms with Gasteiger partial charge in [0.25, 0.3) is 0 Å². The summed E-state index contributed by atoms with van der Waals surface area (Å²) in [5, 5.41) is 24.9. The number of carboxylic acid groups (broad SMARTS) is 1. The molecule has 1 aliphatic rings. The summed E-state index contributed by atoms with van der Waals surface area (Å²) >= 11 is 3.38. The Morgan fingerprint density at radius 3 is 2.88 bits per heavy atom. The number of aliphatic carboxylic acids is 1. The van der Waals surface area contributed by atoms with Crippen LogP contribution in [0.4, 0.5) is 0 Å². The van der Waals surface area contributed by atoms with E-state index in [1.54, 1.807) is 5.32 Å². The van der Waals surface area contributed by atoms with Gasteiger partial charge in [0, 0.05) is 17.3 Å². The maximum atomic E-state index is 11.6. The third-order valence-electron chi connectivity index (χ3n) is 4.88. The van der Waals surface area contributed by atoms with E-state index in [9.17, 15) is 15.0 Å². The van der Waals surface area contributed by atoms with Crippen LogP contribution in [-0.2, 0) is 11.2 Å². The van der Waals surface area contributed by atoms with Gasteiger partial charge in [0.15, 0.2) is 6.04 Å². The van der Waals surface area contributed by atoms with E-state index in [0.29, 0.717) is 16.5 Å². The topological polar surface area (TPSA) is 92.8 Å². The number of nitrogens with two attached hydrogens (primary N) is 1. The molecule has 1 aromatic heterocycles. The molecular formula is C19H17BrN2O3. The van der Waals surface area contributed by atoms with E-state index in [-0.39, 0.29) is 11.8 Å². The fourth-order valence-corrected chi connectivity index (χ4v) is 4.33. The molecule has 4 N–H and O–H groups in total. The van der Waals surface area contributed by atoms with Crippen LogP contribution < -0.4 is 10.4 Å². The number of hydrogen-bond acceptors (Lipinski definition) is 3. The first-order valence-electron chi connectivity index (χ1n) is 8.10. The first-order chi connectivity index (χ1) is 12.0. The van der Waals surface area contributed by atoms with E-state index in [1.165, 1.54) is 0 Å². The fraction of sp³-hybridized carbons (Fsp3) is 0.211. The summed E-state index contributed by atoms with van der Waals surface area (Å²) in [6.07, 6.45) is 0.395. The lowest BCUT2D eigenvalue weighted by Gasteiger charge is -2.29. The lowest BCUT2D eigenvalue weighted by atomic mass is 9.89. The largest absolute Gasteiger partial charge is 0.544 e. The second kappa shape index (κ2) is 5.89. The second-order valence-corrected chi connectivity index (χ2v) is 7.40. The van der Waals surface area contributed by atoms with Crippen molar-refractivity contribution in [2.24, 2.45) is 0 Å². The van der Waals surface area contributed by atoms with Crippen LogP contribution in [0.15, 0.2) is 40.9 Å². The van der Waals surface area contributed by atoms with E-state index in [2.05, 4.69) is 20.9 Å². The highest BCUT2D eigenvalue weighted by molar-refractivity contribution is 9.10. The number of fused-ring (bicyclic) bond motifs is 3. The number of benzene rings is 2. The predicted octanol–water partition coefficient (Wildman–Crippen LogP) is 1.27. The van der Waals surface area contributed by atoms with Gasteiger partial charge in [-0.15, -0.1) is 0 Å². The Kier molecular flexibility index (Phi) is 3.81. The van der Waals surface area contributed by atoms with Crippen molar-refractivity contribution in [3.63, 3.8) is 0 Å². The number of aryl methyl sites for hydroxylation is 1. The summed E-state index contributed by atoms with van der Waals surface area (Å²) in [5.74, 6) is -0.956. The minimum atomic E-state index is -1.09. The molecule has 0 amide bonds. The number of quaternary nitrogens is 1. The number of aromatic hydroxyl groups is 1. The molecule has 0 fully saturated rings. The molecule has 2 heterocycles. The molecule has 0 bridgehead atoms. The maximum absolute atomic E-state index is 11.6. The van der Waals surface area contributed by atoms with Crippen molar-refractivity contribution in [1.29, 1.82) is 0 Å². The molecule has 25 heavy (non-hydrogen) atoms. The summed E-state index contributed by atoms with van der Waals surface area (Å²) in [7, 11) is 0. The zero-order valence-electron chi connectivity index (χ0n) is 13.5. The number of para-hydroxylation sites is 1. The third kappa shape index (κ3) is 2.62. The number of H-pyrrole nitrogens is 1. The van der Waals surface area contributed by atoms with Crippen molar-refractivity contribution in [2.75, 3.05) is 0 Å². The molecule has 5 nitrogen and oxygen atoms in total. The van der Waals surface area contributed by atoms with Gasteiger partial charge >= 0.3 is 0 Å². The average molecular weight is 401 g/mol. The number of nitrogens with one attached hydrogen (secondary N) is 1. The Balaban J connectivity index is 1.96. The van der Waals surface area contributed by atoms with Gasteiger partial charge in [-0.25, -0.2) is 0 Å². The van der Waals surface area contributed by atoms with Gasteiger partial charge in [-0.3, -0.25) is 0 Å². The number of carboxylic acids is 1. The predicted molar refractivity (Wildman–Crippen MR) is 95.1 cm³/mol. The number of aromatic amines is 1. The third-order valence-corrected chi connectivity index (χ3v) is 5.49. The lowest BCUT2D eigenvalue weighted by Crippen LogP contribution is -2.95. The van der Waals surface area contributed by atoms with Crippen LogP contribution in [-0.4, -0.2) is 22.1 Å². The molecule has 0 aliphatic carbocycles. The molecule has 2 atom stereocenters. The fourth-order valence-electron chi connectivity index (χ4n) is 3.74. The highest BCUT2D eigenvalue weighted by atomic mass is 79.9. The highest BCUT2D eigenvalue weighted by Crippen LogP contribution is 2.38. The minimum Gasteiger partial charge on any atom is -0.544 e. The Hall–Kier alpha value is -2.31. The molecule has 2 aromatic carbocycles. The molecular weight excluding hydrogens is 384 g/mol. The zero-order valence-corrected chi connectivity index (χ0v) is 15.1. The van der Waals surface area contributed by atoms with Crippen molar-refractivity contribution in [3.8, 4) is 5.75 Å². The zero-order chi connectivity index (χ0) is 17.7. The molecule has 1 aliphatic heterocycles. The smallest absolute Gasteiger partial charge is 0.157 e. The maximum Gasteiger partial charge on any atom is 0.157 e. The summed E-state index contributed by atoms with van der Waals surface area (Å²) in [5.41, 5.74) is 4.56. The molecule has 0 unspecified atom stereocenters. The van der Waals surface area contributed by atoms with Crippen molar-refractivity contribution in [1.82, 2.24) is 4.98 Å². The number of rotatable bonds is 2. The minimum absolute atomic E-state index is 0.135. The molecule has 4 rings (SSSR count). The normalized spacial score (nSPS) is 19.8. The van der Waals surface area contributed by atoms with Crippen molar-refractivity contribution >= 4 is 32.8 Å². The average Bonchev–Trinajstić information content (AvgIpc) is 2.96. The molecule has 6 heteroatoms. The van der Waals surface area contributed by atoms with Gasteiger partial charge in [0.2, 0.25) is 0 Å². The van der Waals surface area contributed by atoms with E-state index >= 15 is 0 Å². The second-order valence-electron chi connectivity index (χ2n) is 6.55. The van der Waals surface area contributed by atoms with Gasteiger partial charge < -0.3 is 25.3 Å². The molecule has 128 valence electrons. The number of phenolic OH excluding ortho intramolecular Hbond substituents is 1. The highest BCUT2D eigenvalue weighted by Gasteiger charge is 2.36. The summed E-state index contributed by atoms with van der Waals surface area (Å²) in [6.45, 7) is 1.94. The number of carbonyl (C=O) groups is 1. The van der Waals surface area contributed by atoms with Crippen molar-refractivity contribution < 1.29 is 20.3 Å². The van der Waals surface area contributed by atoms with E-state index in [1.807, 2.05) is 43.3 Å². The van der Waals surface area contributed by atoms with E-state index < -0.39 is 12.0 Å². The van der Waals surface area contributed by atoms with Crippen molar-refractivity contribution in [3.05, 3.63) is 63.3 Å². The Morgan fingerprint density at radius 2 is 2.12 bits per heavy atom. The first-order valence-corrected chi connectivity index (χ1v) is 8.89. The van der Waals surface area contributed by atoms with E-state index in [0.717, 1.165) is 27.7 Å². The summed E-state index contributed by atoms with van der Waals surface area (Å²) < 4.78 is 0.601. The van der Waals surface area contributed by atoms with Crippen LogP contribution in [0.25, 0.3) is 10.9 Å². The van der Waals surface area contributed by atoms with Gasteiger partial charge in [-0.2, -0.15) is 0 Å². The molecule has 0 saturated heterocycles. The van der Waals surface area contributed by atoms with Crippen molar-refractivity contribution in [2.45, 2.75) is 25.4 Å². The molecule has 0 radical (unpaired) electrons. The van der Waals surface area contributed by atoms with Crippen LogP contribution in [0, 0.1) is 6.92 Å². The van der Waals surface area contributed by atoms with Crippen LogP contribution in [0.1, 0.15) is 28.4 Å². The monoisotopic (exact) mass is 400 g/mol. The van der Waals surface area contributed by atoms with Gasteiger partial charge in [0.05, 0.1) is 21.7 Å². The van der Waals surface area contributed by atoms with Crippen LogP contribution in [0.2, 0.25) is 0 Å². The molecule has 0 saturated carbocycles. The van der Waals surface area contributed by atoms with Gasteiger partial charge in [-0.05, 0) is 52.2 Å². The van der Waals surface area contributed by atoms with Crippen LogP contribution in [0.5, 0.6) is 5.75 Å². The first kappa shape index (κ1) is 16.2. The Bertz CT molecular complexity index is 996. The number of carbonyl (C=O) groups excluding carboxylic acids is 1. The number of phenols is 1. The quantitative estimate of drug-likeness (QED) is 0.604. The van der Waals surface area contributed by atoms with Crippen LogP contribution in [0.3, 0.4) is 0 Å². The van der Waals surface area contributed by atoms with E-state index in [4.69, 9.17) is 0 Å². The standard InChI is InChI=1S/C19H17BrN2O3/c1-9-6-12(18(23)13(20)7-9)17-16-11(8-15(22-17)19(24)25)10-4-2-3-5-14(10)21-16/h2-7,15,17,21-23H,8H2,1H3,(H,24,25)/t15-,17+/m1/s1. The Labute approximate surface area is 152 Å². The SMILES string of the molecule is Cc1cc(Br)c(O)c([C@@H]2[NH2+][C@@H](C(=O)[O-])Cc3c2[nH]c2ccccc32)c1. The summed E-state index contributed by atoms with van der Waals surface area (Å²) in [4.78, 5) is 15.0. The number of halogens is 1. The number of aromatic nitrogens is 1. The van der Waals surface area contributed by atoms with Gasteiger partial charge in [0.1, 0.15) is 11.8 Å². The summed E-state index contributed by atoms with van der Waals surface area (Å²) in [6, 6.07) is 10.6. The Morgan fingerprint density at radius 1 is 1.36 bits per heavy atom. The number of hydrogen-bond donors (Lipinski definition) is 3. The lowest BCUT2D eigenvalue weighted by molar-refractivity contribution is -0.717. The van der Waals surface area contributed by atoms with Gasteiger partial charge in [-0.1, -0.05) is 18.2 Å².